The van der Waals surface area contributed by atoms with E-state index in [-0.39, 0.29) is 12.1 Å². The average molecular weight is 421 g/mol. The first kappa shape index (κ1) is 19.8. The Kier molecular flexibility index (Phi) is 5.46. The van der Waals surface area contributed by atoms with Gasteiger partial charge in [0.25, 0.3) is 0 Å². The maximum atomic E-state index is 13.1. The molecule has 1 atom stereocenters. The van der Waals surface area contributed by atoms with E-state index in [1.807, 2.05) is 35.2 Å². The number of pyridine rings is 1. The fraction of sp³-hybridized carbons (Fsp3) is 0.435. The Balaban J connectivity index is 1.32. The second-order valence-electron chi connectivity index (χ2n) is 7.99. The van der Waals surface area contributed by atoms with E-state index in [1.54, 1.807) is 6.20 Å². The van der Waals surface area contributed by atoms with Crippen molar-refractivity contribution in [3.8, 4) is 0 Å². The highest BCUT2D eigenvalue weighted by Crippen LogP contribution is 2.34. The molecule has 2 aliphatic heterocycles. The summed E-state index contributed by atoms with van der Waals surface area (Å²) < 4.78 is 7.62. The van der Waals surface area contributed by atoms with Gasteiger partial charge in [-0.1, -0.05) is 12.1 Å². The topological polar surface area (TPSA) is 75.5 Å². The Morgan fingerprint density at radius 3 is 2.77 bits per heavy atom. The summed E-state index contributed by atoms with van der Waals surface area (Å²) in [6.07, 6.45) is 3.62. The van der Waals surface area contributed by atoms with Crippen LogP contribution in [0, 0.1) is 0 Å². The lowest BCUT2D eigenvalue weighted by Crippen LogP contribution is -2.37. The van der Waals surface area contributed by atoms with Crippen LogP contribution in [0.5, 0.6) is 0 Å². The molecule has 1 unspecified atom stereocenters. The van der Waals surface area contributed by atoms with Crippen molar-refractivity contribution in [2.75, 3.05) is 43.1 Å². The lowest BCUT2D eigenvalue weighted by Gasteiger charge is -2.28. The van der Waals surface area contributed by atoms with Gasteiger partial charge in [0.2, 0.25) is 0 Å². The summed E-state index contributed by atoms with van der Waals surface area (Å²) in [6.45, 7) is 6.80. The van der Waals surface area contributed by atoms with E-state index in [0.29, 0.717) is 5.69 Å². The minimum atomic E-state index is -0.0990. The van der Waals surface area contributed by atoms with E-state index in [4.69, 9.17) is 9.72 Å². The van der Waals surface area contributed by atoms with Crippen molar-refractivity contribution in [2.45, 2.75) is 32.4 Å². The van der Waals surface area contributed by atoms with Gasteiger partial charge in [0.1, 0.15) is 11.6 Å². The molecule has 8 nitrogen and oxygen atoms in total. The fourth-order valence-electron chi connectivity index (χ4n) is 4.59. The number of rotatable bonds is 4. The molecule has 0 bridgehead atoms. The van der Waals surface area contributed by atoms with Gasteiger partial charge in [-0.3, -0.25) is 0 Å². The highest BCUT2D eigenvalue weighted by Gasteiger charge is 2.33. The number of hydrogen-bond donors (Lipinski definition) is 1. The second kappa shape index (κ2) is 8.55. The number of aromatic nitrogens is 3. The van der Waals surface area contributed by atoms with Crippen molar-refractivity contribution in [3.05, 3.63) is 48.4 Å². The standard InChI is InChI=1S/C23H28N6O2/c1-2-28-19-7-4-3-6-18(19)26-22(28)20-8-5-11-29(20)23(30)25-17-9-10-21(24-16-17)27-12-14-31-15-13-27/h3-4,6-7,9-10,16,20H,2,5,8,11-15H2,1H3,(H,25,30). The summed E-state index contributed by atoms with van der Waals surface area (Å²) >= 11 is 0. The van der Waals surface area contributed by atoms with Crippen LogP contribution in [0.4, 0.5) is 16.3 Å². The SMILES string of the molecule is CCn1c(C2CCCN2C(=O)Nc2ccc(N3CCOCC3)nc2)nc2ccccc21. The van der Waals surface area contributed by atoms with Crippen LogP contribution < -0.4 is 10.2 Å². The van der Waals surface area contributed by atoms with Crippen molar-refractivity contribution >= 4 is 28.6 Å². The summed E-state index contributed by atoms with van der Waals surface area (Å²) in [5.41, 5.74) is 2.81. The number of hydrogen-bond acceptors (Lipinski definition) is 5. The number of morpholine rings is 1. The van der Waals surface area contributed by atoms with Gasteiger partial charge >= 0.3 is 6.03 Å². The lowest BCUT2D eigenvalue weighted by molar-refractivity contribution is 0.122. The number of nitrogens with zero attached hydrogens (tertiary/aromatic N) is 5. The minimum absolute atomic E-state index is 0.0204. The molecule has 0 spiro atoms. The molecule has 31 heavy (non-hydrogen) atoms. The van der Waals surface area contributed by atoms with Crippen molar-refractivity contribution < 1.29 is 9.53 Å². The molecule has 0 radical (unpaired) electrons. The first-order chi connectivity index (χ1) is 15.2. The van der Waals surface area contributed by atoms with Gasteiger partial charge < -0.3 is 24.4 Å². The molecule has 1 aromatic carbocycles. The molecule has 1 N–H and O–H groups in total. The summed E-state index contributed by atoms with van der Waals surface area (Å²) in [4.78, 5) is 26.6. The highest BCUT2D eigenvalue weighted by molar-refractivity contribution is 5.89. The fourth-order valence-corrected chi connectivity index (χ4v) is 4.59. The number of anilines is 2. The lowest BCUT2D eigenvalue weighted by atomic mass is 10.2. The Bertz CT molecular complexity index is 1060. The number of ether oxygens (including phenoxy) is 1. The molecular weight excluding hydrogens is 392 g/mol. The number of imidazole rings is 1. The van der Waals surface area contributed by atoms with E-state index < -0.39 is 0 Å². The van der Waals surface area contributed by atoms with Crippen LogP contribution in [0.1, 0.15) is 31.6 Å². The summed E-state index contributed by atoms with van der Waals surface area (Å²) in [5, 5.41) is 3.03. The zero-order chi connectivity index (χ0) is 21.2. The monoisotopic (exact) mass is 420 g/mol. The van der Waals surface area contributed by atoms with Gasteiger partial charge in [-0.2, -0.15) is 0 Å². The Morgan fingerprint density at radius 2 is 2.00 bits per heavy atom. The number of carbonyl (C=O) groups is 1. The van der Waals surface area contributed by atoms with Gasteiger partial charge in [-0.15, -0.1) is 0 Å². The number of para-hydroxylation sites is 2. The van der Waals surface area contributed by atoms with E-state index >= 15 is 0 Å². The van der Waals surface area contributed by atoms with Crippen LogP contribution in [-0.4, -0.2) is 58.3 Å². The summed E-state index contributed by atoms with van der Waals surface area (Å²) in [5.74, 6) is 1.88. The molecule has 2 fully saturated rings. The maximum Gasteiger partial charge on any atom is 0.322 e. The highest BCUT2D eigenvalue weighted by atomic mass is 16.5. The van der Waals surface area contributed by atoms with Gasteiger partial charge in [-0.05, 0) is 44.0 Å². The molecule has 3 aromatic rings. The van der Waals surface area contributed by atoms with E-state index in [2.05, 4.69) is 32.8 Å². The number of urea groups is 1. The molecule has 0 aliphatic carbocycles. The Hall–Kier alpha value is -3.13. The first-order valence-electron chi connectivity index (χ1n) is 11.1. The van der Waals surface area contributed by atoms with Crippen LogP contribution in [0.25, 0.3) is 11.0 Å². The Labute approximate surface area is 181 Å². The molecule has 2 amide bonds. The number of fused-ring (bicyclic) bond motifs is 1. The smallest absolute Gasteiger partial charge is 0.322 e. The molecule has 4 heterocycles. The Morgan fingerprint density at radius 1 is 1.16 bits per heavy atom. The molecule has 0 saturated carbocycles. The largest absolute Gasteiger partial charge is 0.378 e. The van der Waals surface area contributed by atoms with Crippen molar-refractivity contribution in [1.29, 1.82) is 0 Å². The minimum Gasteiger partial charge on any atom is -0.378 e. The van der Waals surface area contributed by atoms with Gasteiger partial charge in [0.05, 0.1) is 42.2 Å². The van der Waals surface area contributed by atoms with Gasteiger partial charge in [-0.25, -0.2) is 14.8 Å². The van der Waals surface area contributed by atoms with Crippen LogP contribution in [0.2, 0.25) is 0 Å². The van der Waals surface area contributed by atoms with E-state index in [9.17, 15) is 4.79 Å². The van der Waals surface area contributed by atoms with Crippen molar-refractivity contribution in [2.24, 2.45) is 0 Å². The molecule has 8 heteroatoms. The average Bonchev–Trinajstić information content (AvgIpc) is 3.44. The zero-order valence-electron chi connectivity index (χ0n) is 17.8. The second-order valence-corrected chi connectivity index (χ2v) is 7.99. The maximum absolute atomic E-state index is 13.1. The number of aryl methyl sites for hydroxylation is 1. The van der Waals surface area contributed by atoms with Gasteiger partial charge in [0.15, 0.2) is 0 Å². The summed E-state index contributed by atoms with van der Waals surface area (Å²) in [7, 11) is 0. The molecule has 2 saturated heterocycles. The van der Waals surface area contributed by atoms with E-state index in [1.165, 1.54) is 0 Å². The van der Waals surface area contributed by atoms with E-state index in [0.717, 1.165) is 74.9 Å². The van der Waals surface area contributed by atoms with Crippen LogP contribution in [0.15, 0.2) is 42.6 Å². The number of nitrogens with one attached hydrogen (secondary N) is 1. The third-order valence-corrected chi connectivity index (χ3v) is 6.15. The van der Waals surface area contributed by atoms with Gasteiger partial charge in [0, 0.05) is 26.2 Å². The third-order valence-electron chi connectivity index (χ3n) is 6.15. The molecule has 2 aliphatic rings. The molecule has 162 valence electrons. The number of amides is 2. The van der Waals surface area contributed by atoms with Crippen molar-refractivity contribution in [1.82, 2.24) is 19.4 Å². The predicted molar refractivity (Wildman–Crippen MR) is 120 cm³/mol. The number of carbonyl (C=O) groups excluding carboxylic acids is 1. The zero-order valence-corrected chi connectivity index (χ0v) is 17.8. The van der Waals surface area contributed by atoms with Crippen LogP contribution in [0.3, 0.4) is 0 Å². The first-order valence-corrected chi connectivity index (χ1v) is 11.1. The third kappa shape index (κ3) is 3.83. The predicted octanol–water partition coefficient (Wildman–Crippen LogP) is 3.66. The van der Waals surface area contributed by atoms with Crippen LogP contribution >= 0.6 is 0 Å². The quantitative estimate of drug-likeness (QED) is 0.697. The number of likely N-dealkylation sites (tertiary alicyclic amines) is 1. The molecular formula is C23H28N6O2. The number of benzene rings is 1. The molecule has 5 rings (SSSR count). The van der Waals surface area contributed by atoms with Crippen molar-refractivity contribution in [3.63, 3.8) is 0 Å². The summed E-state index contributed by atoms with van der Waals surface area (Å²) in [6, 6.07) is 11.9. The normalized spacial score (nSPS) is 19.2. The molecule has 2 aromatic heterocycles. The van der Waals surface area contributed by atoms with Crippen LogP contribution in [-0.2, 0) is 11.3 Å².